The Bertz CT molecular complexity index is 1380. The first-order valence-corrected chi connectivity index (χ1v) is 12.4. The van der Waals surface area contributed by atoms with E-state index in [-0.39, 0.29) is 5.91 Å². The Morgan fingerprint density at radius 2 is 1.84 bits per heavy atom. The van der Waals surface area contributed by atoms with Crippen LogP contribution in [0.1, 0.15) is 11.1 Å². The van der Waals surface area contributed by atoms with Gasteiger partial charge in [-0.15, -0.1) is 6.58 Å². The number of hydrogen-bond donors (Lipinski definition) is 1. The van der Waals surface area contributed by atoms with E-state index in [0.29, 0.717) is 57.5 Å². The van der Waals surface area contributed by atoms with Crippen LogP contribution in [0.2, 0.25) is 0 Å². The van der Waals surface area contributed by atoms with Crippen LogP contribution in [0.3, 0.4) is 0 Å². The second-order valence-electron chi connectivity index (χ2n) is 8.97. The SMILES string of the molecule is C=CCNc1nc(N2CCN(C(=O)Cc3cccc(OC)c3)CC2)nc2c1ncn2Cc1ccccc1. The first kappa shape index (κ1) is 24.3. The molecule has 1 fully saturated rings. The number of methoxy groups -OCH3 is 1. The van der Waals surface area contributed by atoms with Crippen LogP contribution in [0, 0.1) is 0 Å². The average Bonchev–Trinajstić information content (AvgIpc) is 3.35. The maximum atomic E-state index is 12.9. The molecule has 1 N–H and O–H groups in total. The number of anilines is 2. The van der Waals surface area contributed by atoms with E-state index in [2.05, 4.69) is 33.9 Å². The zero-order valence-corrected chi connectivity index (χ0v) is 21.0. The minimum Gasteiger partial charge on any atom is -0.497 e. The van der Waals surface area contributed by atoms with Crippen molar-refractivity contribution in [2.45, 2.75) is 13.0 Å². The highest BCUT2D eigenvalue weighted by Gasteiger charge is 2.24. The molecular weight excluding hydrogens is 466 g/mol. The van der Waals surface area contributed by atoms with Crippen molar-refractivity contribution in [1.82, 2.24) is 24.4 Å². The monoisotopic (exact) mass is 497 g/mol. The van der Waals surface area contributed by atoms with E-state index in [0.717, 1.165) is 22.5 Å². The molecule has 0 unspecified atom stereocenters. The number of aromatic nitrogens is 4. The molecule has 1 amide bonds. The lowest BCUT2D eigenvalue weighted by Gasteiger charge is -2.35. The highest BCUT2D eigenvalue weighted by Crippen LogP contribution is 2.24. The number of carbonyl (C=O) groups is 1. The van der Waals surface area contributed by atoms with Gasteiger partial charge in [0.15, 0.2) is 17.0 Å². The first-order chi connectivity index (χ1) is 18.1. The molecule has 0 radical (unpaired) electrons. The Morgan fingerprint density at radius 3 is 2.59 bits per heavy atom. The molecule has 37 heavy (non-hydrogen) atoms. The van der Waals surface area contributed by atoms with Gasteiger partial charge in [-0.05, 0) is 23.3 Å². The summed E-state index contributed by atoms with van der Waals surface area (Å²) in [6.07, 6.45) is 3.96. The van der Waals surface area contributed by atoms with Crippen molar-refractivity contribution in [2.24, 2.45) is 0 Å². The first-order valence-electron chi connectivity index (χ1n) is 12.4. The quantitative estimate of drug-likeness (QED) is 0.355. The maximum absolute atomic E-state index is 12.9. The Balaban J connectivity index is 1.32. The number of fused-ring (bicyclic) bond motifs is 1. The van der Waals surface area contributed by atoms with Crippen molar-refractivity contribution in [3.8, 4) is 5.75 Å². The summed E-state index contributed by atoms with van der Waals surface area (Å²) >= 11 is 0. The van der Waals surface area contributed by atoms with Crippen LogP contribution >= 0.6 is 0 Å². The summed E-state index contributed by atoms with van der Waals surface area (Å²) in [5.41, 5.74) is 3.63. The minimum atomic E-state index is 0.110. The van der Waals surface area contributed by atoms with Crippen molar-refractivity contribution in [3.63, 3.8) is 0 Å². The molecule has 0 saturated carbocycles. The molecule has 3 heterocycles. The number of benzene rings is 2. The largest absolute Gasteiger partial charge is 0.497 e. The van der Waals surface area contributed by atoms with E-state index < -0.39 is 0 Å². The van der Waals surface area contributed by atoms with Gasteiger partial charge < -0.3 is 24.4 Å². The molecule has 9 nitrogen and oxygen atoms in total. The molecule has 0 atom stereocenters. The summed E-state index contributed by atoms with van der Waals surface area (Å²) in [4.78, 5) is 31.3. The number of hydrogen-bond acceptors (Lipinski definition) is 7. The number of ether oxygens (including phenoxy) is 1. The van der Waals surface area contributed by atoms with Crippen LogP contribution in [-0.4, -0.2) is 70.2 Å². The highest BCUT2D eigenvalue weighted by atomic mass is 16.5. The van der Waals surface area contributed by atoms with Gasteiger partial charge in [-0.25, -0.2) is 4.98 Å². The Labute approximate surface area is 216 Å². The van der Waals surface area contributed by atoms with Gasteiger partial charge in [-0.2, -0.15) is 9.97 Å². The summed E-state index contributed by atoms with van der Waals surface area (Å²) < 4.78 is 7.33. The second kappa shape index (κ2) is 11.1. The molecule has 190 valence electrons. The van der Waals surface area contributed by atoms with Gasteiger partial charge in [0.1, 0.15) is 5.75 Å². The zero-order chi connectivity index (χ0) is 25.6. The maximum Gasteiger partial charge on any atom is 0.229 e. The number of rotatable bonds is 9. The normalized spacial score (nSPS) is 13.5. The number of nitrogens with zero attached hydrogens (tertiary/aromatic N) is 6. The van der Waals surface area contributed by atoms with Crippen molar-refractivity contribution in [3.05, 3.63) is 84.7 Å². The molecule has 0 bridgehead atoms. The van der Waals surface area contributed by atoms with Crippen LogP contribution in [0.25, 0.3) is 11.2 Å². The molecule has 1 saturated heterocycles. The van der Waals surface area contributed by atoms with Crippen molar-refractivity contribution in [1.29, 1.82) is 0 Å². The van der Waals surface area contributed by atoms with Gasteiger partial charge in [0.05, 0.1) is 26.4 Å². The molecule has 0 aliphatic carbocycles. The number of nitrogens with one attached hydrogen (secondary N) is 1. The van der Waals surface area contributed by atoms with Crippen LogP contribution < -0.4 is 15.0 Å². The van der Waals surface area contributed by atoms with Gasteiger partial charge in [0.2, 0.25) is 11.9 Å². The molecule has 1 aliphatic rings. The predicted octanol–water partition coefficient (Wildman–Crippen LogP) is 3.37. The molecule has 2 aromatic heterocycles. The van der Waals surface area contributed by atoms with Gasteiger partial charge >= 0.3 is 0 Å². The van der Waals surface area contributed by atoms with E-state index in [1.54, 1.807) is 13.2 Å². The summed E-state index contributed by atoms with van der Waals surface area (Å²) in [6, 6.07) is 17.9. The smallest absolute Gasteiger partial charge is 0.229 e. The Hall–Kier alpha value is -4.40. The van der Waals surface area contributed by atoms with Gasteiger partial charge in [0.25, 0.3) is 0 Å². The van der Waals surface area contributed by atoms with E-state index in [1.165, 1.54) is 5.56 Å². The fraction of sp³-hybridized carbons (Fsp3) is 0.286. The minimum absolute atomic E-state index is 0.110. The lowest BCUT2D eigenvalue weighted by molar-refractivity contribution is -0.130. The average molecular weight is 498 g/mol. The predicted molar refractivity (Wildman–Crippen MR) is 145 cm³/mol. The summed E-state index contributed by atoms with van der Waals surface area (Å²) in [7, 11) is 1.63. The third kappa shape index (κ3) is 5.55. The van der Waals surface area contributed by atoms with Gasteiger partial charge in [-0.3, -0.25) is 4.79 Å². The lowest BCUT2D eigenvalue weighted by Crippen LogP contribution is -2.49. The van der Waals surface area contributed by atoms with E-state index in [4.69, 9.17) is 14.7 Å². The fourth-order valence-electron chi connectivity index (χ4n) is 4.49. The standard InChI is InChI=1S/C28H31N7O2/c1-3-12-29-26-25-27(35(20-30-25)19-21-8-5-4-6-9-21)32-28(31-26)34-15-13-33(14-16-34)24(36)18-22-10-7-11-23(17-22)37-2/h3-11,17,20H,1,12-16,18-19H2,2H3,(H,29,31,32). The lowest BCUT2D eigenvalue weighted by atomic mass is 10.1. The van der Waals surface area contributed by atoms with Gasteiger partial charge in [0, 0.05) is 32.7 Å². The number of carbonyl (C=O) groups excluding carboxylic acids is 1. The molecule has 0 spiro atoms. The van der Waals surface area contributed by atoms with E-state index in [9.17, 15) is 4.79 Å². The van der Waals surface area contributed by atoms with Crippen molar-refractivity contribution >= 4 is 28.8 Å². The second-order valence-corrected chi connectivity index (χ2v) is 8.97. The molecule has 5 rings (SSSR count). The van der Waals surface area contributed by atoms with Crippen molar-refractivity contribution in [2.75, 3.05) is 50.1 Å². The van der Waals surface area contributed by atoms with Gasteiger partial charge in [-0.1, -0.05) is 48.5 Å². The molecule has 2 aromatic carbocycles. The highest BCUT2D eigenvalue weighted by molar-refractivity contribution is 5.84. The molecular formula is C28H31N7O2. The van der Waals surface area contributed by atoms with Crippen LogP contribution in [0.5, 0.6) is 5.75 Å². The molecule has 1 aliphatic heterocycles. The third-order valence-electron chi connectivity index (χ3n) is 6.47. The van der Waals surface area contributed by atoms with Crippen LogP contribution in [0.4, 0.5) is 11.8 Å². The molecule has 4 aromatic rings. The third-order valence-corrected chi connectivity index (χ3v) is 6.47. The number of amides is 1. The van der Waals surface area contributed by atoms with Crippen molar-refractivity contribution < 1.29 is 9.53 Å². The Kier molecular flexibility index (Phi) is 7.30. The Morgan fingerprint density at radius 1 is 1.05 bits per heavy atom. The van der Waals surface area contributed by atoms with Crippen LogP contribution in [-0.2, 0) is 17.8 Å². The zero-order valence-electron chi connectivity index (χ0n) is 21.0. The topological polar surface area (TPSA) is 88.4 Å². The number of imidazole rings is 1. The molecule has 9 heteroatoms. The summed E-state index contributed by atoms with van der Waals surface area (Å²) in [5, 5.41) is 3.31. The van der Waals surface area contributed by atoms with E-state index in [1.807, 2.05) is 58.3 Å². The summed E-state index contributed by atoms with van der Waals surface area (Å²) in [5.74, 6) is 2.19. The number of piperazine rings is 1. The summed E-state index contributed by atoms with van der Waals surface area (Å²) in [6.45, 7) is 7.59. The van der Waals surface area contributed by atoms with Crippen LogP contribution in [0.15, 0.2) is 73.6 Å². The fourth-order valence-corrected chi connectivity index (χ4v) is 4.49. The van der Waals surface area contributed by atoms with E-state index >= 15 is 0 Å².